The van der Waals surface area contributed by atoms with E-state index in [1.807, 2.05) is 6.92 Å². The number of rotatable bonds is 24. The molecule has 0 unspecified atom stereocenters. The average Bonchev–Trinajstić information content (AvgIpc) is 2.80. The summed E-state index contributed by atoms with van der Waals surface area (Å²) in [5.74, 6) is -0.276. The number of hydrogen-bond acceptors (Lipinski definition) is 6. The van der Waals surface area contributed by atoms with Gasteiger partial charge in [-0.1, -0.05) is 58.8 Å². The van der Waals surface area contributed by atoms with Crippen molar-refractivity contribution >= 4 is 11.7 Å². The van der Waals surface area contributed by atoms with Crippen LogP contribution in [0.4, 0.5) is 0 Å². The first-order valence-corrected chi connectivity index (χ1v) is 13.1. The largest absolute Gasteiger partial charge is 0.367 e. The van der Waals surface area contributed by atoms with Crippen molar-refractivity contribution in [1.29, 1.82) is 0 Å². The van der Waals surface area contributed by atoms with Crippen molar-refractivity contribution in [2.24, 2.45) is 11.5 Å². The summed E-state index contributed by atoms with van der Waals surface area (Å²) in [7, 11) is 0. The maximum atomic E-state index is 12.9. The van der Waals surface area contributed by atoms with Crippen LogP contribution in [0.1, 0.15) is 104 Å². The van der Waals surface area contributed by atoms with Gasteiger partial charge in [-0.25, -0.2) is 0 Å². The highest BCUT2D eigenvalue weighted by Crippen LogP contribution is 2.14. The zero-order valence-corrected chi connectivity index (χ0v) is 20.9. The van der Waals surface area contributed by atoms with E-state index in [0.717, 1.165) is 96.6 Å². The number of Topliss-reactive ketones (excluding diaryl/α,β-unsaturated/α-hetero) is 1. The van der Waals surface area contributed by atoms with Crippen LogP contribution in [0.2, 0.25) is 0 Å². The zero-order valence-electron chi connectivity index (χ0n) is 20.9. The molecule has 0 saturated carbocycles. The van der Waals surface area contributed by atoms with Crippen LogP contribution in [0.5, 0.6) is 0 Å². The van der Waals surface area contributed by atoms with Crippen molar-refractivity contribution in [3.63, 3.8) is 0 Å². The van der Waals surface area contributed by atoms with Gasteiger partial charge in [0.2, 0.25) is 0 Å². The molecule has 0 aromatic heterocycles. The van der Waals surface area contributed by atoms with Crippen molar-refractivity contribution in [2.75, 3.05) is 32.8 Å². The van der Waals surface area contributed by atoms with Crippen LogP contribution in [0.3, 0.4) is 0 Å². The van der Waals surface area contributed by atoms with Crippen LogP contribution in [0.15, 0.2) is 0 Å². The molecule has 0 rings (SSSR count). The Morgan fingerprint density at radius 3 is 1.69 bits per heavy atom. The normalized spacial score (nSPS) is 13.1. The Hall–Kier alpha value is -1.02. The smallest absolute Gasteiger partial charge is 0.252 e. The lowest BCUT2D eigenvalue weighted by Gasteiger charge is -2.26. The SMILES string of the molecule is CCCCC(=O)[C@H](OCCCCCCCN)[C@@H](OCCCCCCCN)C(=O)NCCC. The molecule has 1 amide bonds. The Labute approximate surface area is 196 Å². The van der Waals surface area contributed by atoms with Crippen molar-refractivity contribution in [2.45, 2.75) is 116 Å². The van der Waals surface area contributed by atoms with Gasteiger partial charge in [0, 0.05) is 26.2 Å². The van der Waals surface area contributed by atoms with Crippen LogP contribution < -0.4 is 16.8 Å². The topological polar surface area (TPSA) is 117 Å². The predicted octanol–water partition coefficient (Wildman–Crippen LogP) is 3.86. The monoisotopic (exact) mass is 457 g/mol. The second kappa shape index (κ2) is 23.1. The molecule has 0 bridgehead atoms. The highest BCUT2D eigenvalue weighted by molar-refractivity contribution is 5.92. The fourth-order valence-electron chi connectivity index (χ4n) is 3.47. The number of unbranched alkanes of at least 4 members (excludes halogenated alkanes) is 9. The summed E-state index contributed by atoms with van der Waals surface area (Å²) in [6, 6.07) is 0. The molecule has 0 spiro atoms. The summed E-state index contributed by atoms with van der Waals surface area (Å²) >= 11 is 0. The van der Waals surface area contributed by atoms with E-state index in [1.165, 1.54) is 0 Å². The number of nitrogens with one attached hydrogen (secondary N) is 1. The summed E-state index contributed by atoms with van der Waals surface area (Å²) in [5.41, 5.74) is 11.1. The minimum Gasteiger partial charge on any atom is -0.367 e. The van der Waals surface area contributed by atoms with Crippen molar-refractivity contribution < 1.29 is 19.1 Å². The lowest BCUT2D eigenvalue weighted by Crippen LogP contribution is -2.49. The van der Waals surface area contributed by atoms with Crippen LogP contribution in [-0.2, 0) is 19.1 Å². The Morgan fingerprint density at radius 2 is 1.19 bits per heavy atom. The van der Waals surface area contributed by atoms with E-state index in [1.54, 1.807) is 0 Å². The third-order valence-electron chi connectivity index (χ3n) is 5.47. The van der Waals surface area contributed by atoms with E-state index in [4.69, 9.17) is 20.9 Å². The van der Waals surface area contributed by atoms with E-state index in [-0.39, 0.29) is 11.7 Å². The molecule has 0 heterocycles. The Morgan fingerprint density at radius 1 is 0.688 bits per heavy atom. The number of carbonyl (C=O) groups is 2. The van der Waals surface area contributed by atoms with Gasteiger partial charge in [-0.2, -0.15) is 0 Å². The molecule has 0 aromatic rings. The summed E-state index contributed by atoms with van der Waals surface area (Å²) in [6.45, 7) is 6.98. The first-order chi connectivity index (χ1) is 15.6. The van der Waals surface area contributed by atoms with Gasteiger partial charge in [0.25, 0.3) is 5.91 Å². The van der Waals surface area contributed by atoms with E-state index in [9.17, 15) is 9.59 Å². The van der Waals surface area contributed by atoms with Gasteiger partial charge in [-0.15, -0.1) is 0 Å². The lowest BCUT2D eigenvalue weighted by atomic mass is 10.0. The Bertz CT molecular complexity index is 409. The second-order valence-corrected chi connectivity index (χ2v) is 8.56. The minimum absolute atomic E-state index is 0.0328. The number of nitrogens with two attached hydrogens (primary N) is 2. The number of ketones is 1. The van der Waals surface area contributed by atoms with Gasteiger partial charge >= 0.3 is 0 Å². The van der Waals surface area contributed by atoms with E-state index < -0.39 is 12.2 Å². The number of carbonyl (C=O) groups excluding carboxylic acids is 2. The predicted molar refractivity (Wildman–Crippen MR) is 132 cm³/mol. The molecule has 5 N–H and O–H groups in total. The van der Waals surface area contributed by atoms with E-state index in [0.29, 0.717) is 26.2 Å². The highest BCUT2D eigenvalue weighted by atomic mass is 16.5. The summed E-state index contributed by atoms with van der Waals surface area (Å²) < 4.78 is 12.0. The zero-order chi connectivity index (χ0) is 23.9. The molecule has 7 heteroatoms. The highest BCUT2D eigenvalue weighted by Gasteiger charge is 2.34. The molecule has 0 fully saturated rings. The first-order valence-electron chi connectivity index (χ1n) is 13.1. The molecular formula is C25H51N3O4. The quantitative estimate of drug-likeness (QED) is 0.190. The summed E-state index contributed by atoms with van der Waals surface area (Å²) in [4.78, 5) is 25.8. The van der Waals surface area contributed by atoms with Crippen LogP contribution in [-0.4, -0.2) is 56.7 Å². The molecule has 32 heavy (non-hydrogen) atoms. The van der Waals surface area contributed by atoms with Gasteiger partial charge in [-0.05, 0) is 51.6 Å². The van der Waals surface area contributed by atoms with Gasteiger partial charge in [0.15, 0.2) is 18.0 Å². The molecule has 0 saturated heterocycles. The Kier molecular flexibility index (Phi) is 22.4. The van der Waals surface area contributed by atoms with E-state index >= 15 is 0 Å². The molecule has 2 atom stereocenters. The van der Waals surface area contributed by atoms with Crippen LogP contribution in [0, 0.1) is 0 Å². The summed E-state index contributed by atoms with van der Waals surface area (Å²) in [6.07, 6.45) is 11.6. The second-order valence-electron chi connectivity index (χ2n) is 8.56. The maximum absolute atomic E-state index is 12.9. The van der Waals surface area contributed by atoms with Gasteiger partial charge in [0.05, 0.1) is 0 Å². The fourth-order valence-corrected chi connectivity index (χ4v) is 3.47. The summed E-state index contributed by atoms with van der Waals surface area (Å²) in [5, 5.41) is 2.90. The molecule has 0 aliphatic carbocycles. The molecular weight excluding hydrogens is 406 g/mol. The third-order valence-corrected chi connectivity index (χ3v) is 5.47. The minimum atomic E-state index is -0.882. The van der Waals surface area contributed by atoms with Crippen LogP contribution in [0.25, 0.3) is 0 Å². The molecule has 0 aromatic carbocycles. The van der Waals surface area contributed by atoms with Crippen LogP contribution >= 0.6 is 0 Å². The molecule has 7 nitrogen and oxygen atoms in total. The Balaban J connectivity index is 4.87. The lowest BCUT2D eigenvalue weighted by molar-refractivity contribution is -0.156. The van der Waals surface area contributed by atoms with Crippen molar-refractivity contribution in [3.8, 4) is 0 Å². The maximum Gasteiger partial charge on any atom is 0.252 e. The number of hydrogen-bond donors (Lipinski definition) is 3. The van der Waals surface area contributed by atoms with Gasteiger partial charge < -0.3 is 26.3 Å². The fraction of sp³-hybridized carbons (Fsp3) is 0.920. The molecule has 0 aliphatic rings. The van der Waals surface area contributed by atoms with Gasteiger partial charge in [-0.3, -0.25) is 9.59 Å². The average molecular weight is 458 g/mol. The molecule has 0 aliphatic heterocycles. The molecule has 190 valence electrons. The van der Waals surface area contributed by atoms with Crippen molar-refractivity contribution in [1.82, 2.24) is 5.32 Å². The van der Waals surface area contributed by atoms with E-state index in [2.05, 4.69) is 12.2 Å². The first kappa shape index (κ1) is 31.0. The standard InChI is InChI=1S/C25H51N3O4/c1-3-5-16-22(29)23(31-20-14-10-6-8-12-17-26)24(25(30)28-19-4-2)32-21-15-11-7-9-13-18-27/h23-24H,3-21,26-27H2,1-2H3,(H,28,30)/t23-,24+/m0/s1. The van der Waals surface area contributed by atoms with Gasteiger partial charge in [0.1, 0.15) is 0 Å². The van der Waals surface area contributed by atoms with Crippen molar-refractivity contribution in [3.05, 3.63) is 0 Å². The number of ether oxygens (including phenoxy) is 2. The number of amides is 1. The third kappa shape index (κ3) is 16.6. The molecule has 0 radical (unpaired) electrons.